The zero-order valence-electron chi connectivity index (χ0n) is 11.2. The van der Waals surface area contributed by atoms with Crippen LogP contribution in [0, 0.1) is 24.4 Å². The van der Waals surface area contributed by atoms with Crippen molar-refractivity contribution in [3.63, 3.8) is 0 Å². The summed E-state index contributed by atoms with van der Waals surface area (Å²) in [6, 6.07) is 7.84. The number of nitrogens with zero attached hydrogens (tertiary/aromatic N) is 1. The Morgan fingerprint density at radius 2 is 1.90 bits per heavy atom. The smallest absolute Gasteiger partial charge is 0.201 e. The Morgan fingerprint density at radius 3 is 2.71 bits per heavy atom. The van der Waals surface area contributed by atoms with Gasteiger partial charge in [-0.3, -0.25) is 0 Å². The standard InChI is InChI=1S/C15H12F3N3/c1-8-2-5-11-12(6-8)21-15(20-11)19-7-9-3-4-10(16)14(18)13(9)17/h2-6H,7H2,1H3,(H2,19,20,21). The van der Waals surface area contributed by atoms with E-state index in [1.54, 1.807) is 0 Å². The summed E-state index contributed by atoms with van der Waals surface area (Å²) < 4.78 is 39.5. The van der Waals surface area contributed by atoms with Crippen LogP contribution in [0.15, 0.2) is 30.3 Å². The molecular weight excluding hydrogens is 279 g/mol. The van der Waals surface area contributed by atoms with E-state index in [1.165, 1.54) is 6.07 Å². The van der Waals surface area contributed by atoms with Crippen LogP contribution in [0.1, 0.15) is 11.1 Å². The van der Waals surface area contributed by atoms with E-state index in [-0.39, 0.29) is 12.1 Å². The molecule has 3 nitrogen and oxygen atoms in total. The monoisotopic (exact) mass is 291 g/mol. The van der Waals surface area contributed by atoms with Crippen molar-refractivity contribution in [3.8, 4) is 0 Å². The third kappa shape index (κ3) is 2.56. The lowest BCUT2D eigenvalue weighted by molar-refractivity contribution is 0.442. The fraction of sp³-hybridized carbons (Fsp3) is 0.133. The number of fused-ring (bicyclic) bond motifs is 1. The number of halogens is 3. The minimum Gasteiger partial charge on any atom is -0.352 e. The van der Waals surface area contributed by atoms with Gasteiger partial charge >= 0.3 is 0 Å². The highest BCUT2D eigenvalue weighted by atomic mass is 19.2. The quantitative estimate of drug-likeness (QED) is 0.718. The number of anilines is 1. The van der Waals surface area contributed by atoms with Crippen LogP contribution in [0.4, 0.5) is 19.1 Å². The van der Waals surface area contributed by atoms with Gasteiger partial charge in [-0.05, 0) is 30.7 Å². The van der Waals surface area contributed by atoms with Crippen LogP contribution in [0.2, 0.25) is 0 Å². The van der Waals surface area contributed by atoms with E-state index in [0.29, 0.717) is 5.95 Å². The van der Waals surface area contributed by atoms with Gasteiger partial charge in [0.2, 0.25) is 5.95 Å². The second kappa shape index (κ2) is 5.12. The number of aromatic nitrogens is 2. The number of imidazole rings is 1. The molecule has 0 atom stereocenters. The number of nitrogens with one attached hydrogen (secondary N) is 2. The average molecular weight is 291 g/mol. The molecule has 108 valence electrons. The van der Waals surface area contributed by atoms with Crippen molar-refractivity contribution in [2.45, 2.75) is 13.5 Å². The van der Waals surface area contributed by atoms with E-state index in [2.05, 4.69) is 15.3 Å². The van der Waals surface area contributed by atoms with E-state index in [0.717, 1.165) is 22.7 Å². The van der Waals surface area contributed by atoms with Crippen molar-refractivity contribution >= 4 is 17.0 Å². The van der Waals surface area contributed by atoms with E-state index in [1.807, 2.05) is 25.1 Å². The van der Waals surface area contributed by atoms with Crippen molar-refractivity contribution in [1.82, 2.24) is 9.97 Å². The first-order valence-electron chi connectivity index (χ1n) is 6.37. The SMILES string of the molecule is Cc1ccc2nc(NCc3ccc(F)c(F)c3F)[nH]c2c1. The molecule has 0 aliphatic heterocycles. The highest BCUT2D eigenvalue weighted by Crippen LogP contribution is 2.18. The Labute approximate surface area is 118 Å². The van der Waals surface area contributed by atoms with Crippen LogP contribution in [-0.4, -0.2) is 9.97 Å². The summed E-state index contributed by atoms with van der Waals surface area (Å²) in [5.74, 6) is -3.40. The Balaban J connectivity index is 1.82. The molecule has 3 aromatic rings. The summed E-state index contributed by atoms with van der Waals surface area (Å²) in [5, 5.41) is 2.86. The van der Waals surface area contributed by atoms with Crippen LogP contribution in [0.25, 0.3) is 11.0 Å². The first-order valence-corrected chi connectivity index (χ1v) is 6.37. The predicted molar refractivity (Wildman–Crippen MR) is 74.5 cm³/mol. The molecule has 2 N–H and O–H groups in total. The lowest BCUT2D eigenvalue weighted by Crippen LogP contribution is -2.05. The minimum atomic E-state index is -1.46. The molecule has 0 aliphatic carbocycles. The summed E-state index contributed by atoms with van der Waals surface area (Å²) in [6.07, 6.45) is 0. The van der Waals surface area contributed by atoms with Crippen LogP contribution >= 0.6 is 0 Å². The molecule has 0 fully saturated rings. The highest BCUT2D eigenvalue weighted by Gasteiger charge is 2.13. The molecule has 0 amide bonds. The summed E-state index contributed by atoms with van der Waals surface area (Å²) in [5.41, 5.74) is 2.74. The van der Waals surface area contributed by atoms with Crippen LogP contribution in [-0.2, 0) is 6.54 Å². The lowest BCUT2D eigenvalue weighted by atomic mass is 10.2. The maximum atomic E-state index is 13.5. The topological polar surface area (TPSA) is 40.7 Å². The van der Waals surface area contributed by atoms with Gasteiger partial charge < -0.3 is 10.3 Å². The third-order valence-corrected chi connectivity index (χ3v) is 3.20. The van der Waals surface area contributed by atoms with Gasteiger partial charge in [0.15, 0.2) is 17.5 Å². The van der Waals surface area contributed by atoms with Gasteiger partial charge in [0, 0.05) is 12.1 Å². The summed E-state index contributed by atoms with van der Waals surface area (Å²) in [7, 11) is 0. The van der Waals surface area contributed by atoms with Gasteiger partial charge in [0.25, 0.3) is 0 Å². The van der Waals surface area contributed by atoms with Gasteiger partial charge in [-0.1, -0.05) is 12.1 Å². The molecule has 0 spiro atoms. The molecule has 0 radical (unpaired) electrons. The van der Waals surface area contributed by atoms with Crippen LogP contribution < -0.4 is 5.32 Å². The molecule has 0 saturated heterocycles. The number of H-pyrrole nitrogens is 1. The average Bonchev–Trinajstić information content (AvgIpc) is 2.86. The number of rotatable bonds is 3. The normalized spacial score (nSPS) is 11.0. The Hall–Kier alpha value is -2.50. The number of aryl methyl sites for hydroxylation is 1. The van der Waals surface area contributed by atoms with Crippen molar-refractivity contribution in [2.75, 3.05) is 5.32 Å². The fourth-order valence-corrected chi connectivity index (χ4v) is 2.09. The molecule has 3 rings (SSSR count). The molecule has 0 aliphatic rings. The minimum absolute atomic E-state index is 0.00182. The van der Waals surface area contributed by atoms with Crippen molar-refractivity contribution < 1.29 is 13.2 Å². The Morgan fingerprint density at radius 1 is 1.10 bits per heavy atom. The number of hydrogen-bond acceptors (Lipinski definition) is 2. The fourth-order valence-electron chi connectivity index (χ4n) is 2.09. The number of benzene rings is 2. The van der Waals surface area contributed by atoms with Crippen molar-refractivity contribution in [1.29, 1.82) is 0 Å². The largest absolute Gasteiger partial charge is 0.352 e. The molecule has 0 unspecified atom stereocenters. The molecule has 2 aromatic carbocycles. The zero-order valence-corrected chi connectivity index (χ0v) is 11.2. The third-order valence-electron chi connectivity index (χ3n) is 3.20. The van der Waals surface area contributed by atoms with E-state index in [9.17, 15) is 13.2 Å². The van der Waals surface area contributed by atoms with Gasteiger partial charge in [0.1, 0.15) is 0 Å². The van der Waals surface area contributed by atoms with Crippen LogP contribution in [0.3, 0.4) is 0 Å². The van der Waals surface area contributed by atoms with Crippen molar-refractivity contribution in [2.24, 2.45) is 0 Å². The van der Waals surface area contributed by atoms with Gasteiger partial charge in [-0.25, -0.2) is 18.2 Å². The first kappa shape index (κ1) is 13.5. The summed E-state index contributed by atoms with van der Waals surface area (Å²) in [6.45, 7) is 1.96. The number of hydrogen-bond donors (Lipinski definition) is 2. The Bertz CT molecular complexity index is 811. The van der Waals surface area contributed by atoms with Gasteiger partial charge in [-0.2, -0.15) is 0 Å². The molecule has 6 heteroatoms. The first-order chi connectivity index (χ1) is 10.0. The highest BCUT2D eigenvalue weighted by molar-refractivity contribution is 5.78. The van der Waals surface area contributed by atoms with Crippen molar-refractivity contribution in [3.05, 3.63) is 58.9 Å². The van der Waals surface area contributed by atoms with Gasteiger partial charge in [-0.15, -0.1) is 0 Å². The summed E-state index contributed by atoms with van der Waals surface area (Å²) in [4.78, 5) is 7.32. The molecular formula is C15H12F3N3. The maximum Gasteiger partial charge on any atom is 0.201 e. The van der Waals surface area contributed by atoms with E-state index < -0.39 is 17.5 Å². The molecule has 0 bridgehead atoms. The summed E-state index contributed by atoms with van der Waals surface area (Å²) >= 11 is 0. The Kier molecular flexibility index (Phi) is 3.29. The number of aromatic amines is 1. The molecule has 0 saturated carbocycles. The molecule has 1 heterocycles. The van der Waals surface area contributed by atoms with E-state index >= 15 is 0 Å². The molecule has 21 heavy (non-hydrogen) atoms. The molecule has 1 aromatic heterocycles. The van der Waals surface area contributed by atoms with Gasteiger partial charge in [0.05, 0.1) is 11.0 Å². The lowest BCUT2D eigenvalue weighted by Gasteiger charge is -2.05. The second-order valence-corrected chi connectivity index (χ2v) is 4.79. The van der Waals surface area contributed by atoms with E-state index in [4.69, 9.17) is 0 Å². The predicted octanol–water partition coefficient (Wildman–Crippen LogP) is 3.90. The zero-order chi connectivity index (χ0) is 15.0. The maximum absolute atomic E-state index is 13.5. The second-order valence-electron chi connectivity index (χ2n) is 4.79. The van der Waals surface area contributed by atoms with Crippen LogP contribution in [0.5, 0.6) is 0 Å².